The van der Waals surface area contributed by atoms with Crippen molar-refractivity contribution < 1.29 is 28.6 Å². The van der Waals surface area contributed by atoms with Gasteiger partial charge in [-0.05, 0) is 86.0 Å². The number of benzene rings is 2. The Morgan fingerprint density at radius 1 is 1.10 bits per heavy atom. The maximum Gasteiger partial charge on any atom is 0.343 e. The summed E-state index contributed by atoms with van der Waals surface area (Å²) < 4.78 is 25.9. The lowest BCUT2D eigenvalue weighted by atomic mass is 9.83. The molecule has 1 N–H and O–H groups in total. The SMILES string of the molecule is CCN(Cc1cc(C(=O)Oc2cccc([C@H](C3CC3)[C@H](C)C(=O)O)c2)ccc1-c1cc(OC)ncc1F)C(C)C. The van der Waals surface area contributed by atoms with E-state index in [2.05, 4.69) is 30.7 Å². The van der Waals surface area contributed by atoms with Crippen molar-refractivity contribution in [2.24, 2.45) is 11.8 Å². The summed E-state index contributed by atoms with van der Waals surface area (Å²) in [6.07, 6.45) is 3.13. The molecule has 212 valence electrons. The van der Waals surface area contributed by atoms with Crippen molar-refractivity contribution >= 4 is 11.9 Å². The molecule has 1 fully saturated rings. The molecule has 0 aliphatic heterocycles. The Hall–Kier alpha value is -3.78. The van der Waals surface area contributed by atoms with Crippen molar-refractivity contribution in [2.75, 3.05) is 13.7 Å². The van der Waals surface area contributed by atoms with Gasteiger partial charge in [0.15, 0.2) is 0 Å². The van der Waals surface area contributed by atoms with Crippen LogP contribution in [0, 0.1) is 17.7 Å². The molecule has 1 aliphatic carbocycles. The minimum Gasteiger partial charge on any atom is -0.481 e. The second-order valence-electron chi connectivity index (χ2n) is 10.7. The minimum atomic E-state index is -0.835. The molecule has 40 heavy (non-hydrogen) atoms. The Labute approximate surface area is 235 Å². The Morgan fingerprint density at radius 3 is 2.48 bits per heavy atom. The van der Waals surface area contributed by atoms with Crippen LogP contribution in [0.3, 0.4) is 0 Å². The van der Waals surface area contributed by atoms with Gasteiger partial charge in [0.25, 0.3) is 0 Å². The number of methoxy groups -OCH3 is 1. The van der Waals surface area contributed by atoms with Gasteiger partial charge in [-0.3, -0.25) is 9.69 Å². The Bertz CT molecular complexity index is 1370. The highest BCUT2D eigenvalue weighted by Gasteiger charge is 2.38. The Kier molecular flexibility index (Phi) is 9.20. The van der Waals surface area contributed by atoms with Gasteiger partial charge < -0.3 is 14.6 Å². The number of carboxylic acid groups (broad SMARTS) is 1. The summed E-state index contributed by atoms with van der Waals surface area (Å²) in [4.78, 5) is 31.2. The molecule has 7 nitrogen and oxygen atoms in total. The molecule has 0 amide bonds. The van der Waals surface area contributed by atoms with Gasteiger partial charge in [0.1, 0.15) is 11.6 Å². The molecule has 3 aromatic rings. The predicted molar refractivity (Wildman–Crippen MR) is 151 cm³/mol. The standard InChI is InChI=1S/C32H37FN2O5/c1-6-35(19(2)3)18-24-14-23(12-13-26(24)27-16-29(39-5)34-17-28(27)33)32(38)40-25-9-7-8-22(15-25)30(21-10-11-21)20(4)31(36)37/h7-9,12-17,19-21,30H,6,10-11,18H2,1-5H3,(H,36,37)/t20-,30-/m0/s1. The lowest BCUT2D eigenvalue weighted by Gasteiger charge is -2.26. The number of hydrogen-bond donors (Lipinski definition) is 1. The summed E-state index contributed by atoms with van der Waals surface area (Å²) in [6.45, 7) is 9.23. The summed E-state index contributed by atoms with van der Waals surface area (Å²) in [6, 6.07) is 14.0. The van der Waals surface area contributed by atoms with Gasteiger partial charge in [-0.25, -0.2) is 14.2 Å². The number of carboxylic acids is 1. The van der Waals surface area contributed by atoms with E-state index in [1.54, 1.807) is 49.4 Å². The third-order valence-corrected chi connectivity index (χ3v) is 7.69. The summed E-state index contributed by atoms with van der Waals surface area (Å²) in [5.74, 6) is -1.56. The summed E-state index contributed by atoms with van der Waals surface area (Å²) >= 11 is 0. The van der Waals surface area contributed by atoms with E-state index in [0.717, 1.165) is 36.7 Å². The average molecular weight is 549 g/mol. The highest BCUT2D eigenvalue weighted by atomic mass is 19.1. The van der Waals surface area contributed by atoms with Gasteiger partial charge in [0.05, 0.1) is 24.8 Å². The smallest absolute Gasteiger partial charge is 0.343 e. The van der Waals surface area contributed by atoms with E-state index in [1.807, 2.05) is 6.07 Å². The number of pyridine rings is 1. The summed E-state index contributed by atoms with van der Waals surface area (Å²) in [5, 5.41) is 9.62. The van der Waals surface area contributed by atoms with E-state index in [9.17, 15) is 19.1 Å². The monoisotopic (exact) mass is 548 g/mol. The zero-order valence-electron chi connectivity index (χ0n) is 23.7. The zero-order chi connectivity index (χ0) is 29.0. The molecule has 0 unspecified atom stereocenters. The number of halogens is 1. The van der Waals surface area contributed by atoms with Gasteiger partial charge in [-0.2, -0.15) is 0 Å². The fraction of sp³-hybridized carbons (Fsp3) is 0.406. The number of carbonyl (C=O) groups excluding carboxylic acids is 1. The van der Waals surface area contributed by atoms with E-state index < -0.39 is 23.7 Å². The second kappa shape index (κ2) is 12.6. The Morgan fingerprint density at radius 2 is 1.85 bits per heavy atom. The van der Waals surface area contributed by atoms with Crippen LogP contribution in [-0.2, 0) is 11.3 Å². The number of esters is 1. The first-order valence-electron chi connectivity index (χ1n) is 13.7. The molecular formula is C32H37FN2O5. The topological polar surface area (TPSA) is 89.0 Å². The van der Waals surface area contributed by atoms with Crippen molar-refractivity contribution in [1.29, 1.82) is 0 Å². The third kappa shape index (κ3) is 6.67. The Balaban J connectivity index is 1.66. The number of nitrogens with zero attached hydrogens (tertiary/aromatic N) is 2. The summed E-state index contributed by atoms with van der Waals surface area (Å²) in [7, 11) is 1.48. The van der Waals surface area contributed by atoms with Gasteiger partial charge in [-0.15, -0.1) is 0 Å². The molecule has 0 bridgehead atoms. The van der Waals surface area contributed by atoms with Crippen molar-refractivity contribution in [3.63, 3.8) is 0 Å². The zero-order valence-corrected chi connectivity index (χ0v) is 23.7. The van der Waals surface area contributed by atoms with Crippen LogP contribution < -0.4 is 9.47 Å². The molecule has 1 saturated carbocycles. The average Bonchev–Trinajstić information content (AvgIpc) is 3.77. The van der Waals surface area contributed by atoms with Crippen molar-refractivity contribution in [1.82, 2.24) is 9.88 Å². The van der Waals surface area contributed by atoms with Gasteiger partial charge in [0.2, 0.25) is 5.88 Å². The number of rotatable bonds is 12. The first-order valence-corrected chi connectivity index (χ1v) is 13.7. The molecule has 0 radical (unpaired) electrons. The lowest BCUT2D eigenvalue weighted by molar-refractivity contribution is -0.142. The van der Waals surface area contributed by atoms with Crippen LogP contribution in [0.4, 0.5) is 4.39 Å². The molecule has 2 aromatic carbocycles. The van der Waals surface area contributed by atoms with E-state index in [4.69, 9.17) is 9.47 Å². The van der Waals surface area contributed by atoms with Crippen LogP contribution in [0.5, 0.6) is 11.6 Å². The molecule has 1 aliphatic rings. The van der Waals surface area contributed by atoms with Gasteiger partial charge in [-0.1, -0.05) is 32.0 Å². The number of aliphatic carboxylic acids is 1. The third-order valence-electron chi connectivity index (χ3n) is 7.69. The molecule has 1 heterocycles. The molecule has 0 spiro atoms. The summed E-state index contributed by atoms with van der Waals surface area (Å²) in [5.41, 5.74) is 2.95. The highest BCUT2D eigenvalue weighted by Crippen LogP contribution is 2.47. The highest BCUT2D eigenvalue weighted by molar-refractivity contribution is 5.92. The molecular weight excluding hydrogens is 511 g/mol. The van der Waals surface area contributed by atoms with Crippen molar-refractivity contribution in [3.05, 3.63) is 77.2 Å². The van der Waals surface area contributed by atoms with Gasteiger partial charge >= 0.3 is 11.9 Å². The first-order chi connectivity index (χ1) is 19.1. The number of hydrogen-bond acceptors (Lipinski definition) is 6. The number of ether oxygens (including phenoxy) is 2. The van der Waals surface area contributed by atoms with E-state index in [0.29, 0.717) is 40.8 Å². The van der Waals surface area contributed by atoms with Crippen LogP contribution in [-0.4, -0.2) is 46.6 Å². The van der Waals surface area contributed by atoms with Gasteiger partial charge in [0, 0.05) is 24.2 Å². The van der Waals surface area contributed by atoms with Crippen LogP contribution in [0.2, 0.25) is 0 Å². The van der Waals surface area contributed by atoms with Crippen molar-refractivity contribution in [2.45, 2.75) is 59.0 Å². The van der Waals surface area contributed by atoms with E-state index in [-0.39, 0.29) is 12.0 Å². The number of aromatic nitrogens is 1. The largest absolute Gasteiger partial charge is 0.481 e. The van der Waals surface area contributed by atoms with Crippen LogP contribution in [0.25, 0.3) is 11.1 Å². The lowest BCUT2D eigenvalue weighted by Crippen LogP contribution is -2.30. The fourth-order valence-electron chi connectivity index (χ4n) is 5.26. The quantitative estimate of drug-likeness (QED) is 0.203. The minimum absolute atomic E-state index is 0.134. The molecule has 0 saturated heterocycles. The van der Waals surface area contributed by atoms with Crippen LogP contribution >= 0.6 is 0 Å². The molecule has 1 aromatic heterocycles. The fourth-order valence-corrected chi connectivity index (χ4v) is 5.26. The van der Waals surface area contributed by atoms with E-state index >= 15 is 0 Å². The molecule has 4 rings (SSSR count). The second-order valence-corrected chi connectivity index (χ2v) is 10.7. The normalized spacial score (nSPS) is 14.7. The molecule has 8 heteroatoms. The number of carbonyl (C=O) groups is 2. The van der Waals surface area contributed by atoms with E-state index in [1.165, 1.54) is 7.11 Å². The van der Waals surface area contributed by atoms with Crippen LogP contribution in [0.1, 0.15) is 67.9 Å². The molecule has 2 atom stereocenters. The maximum atomic E-state index is 14.9. The first kappa shape index (κ1) is 29.2. The maximum absolute atomic E-state index is 14.9. The predicted octanol–water partition coefficient (Wildman–Crippen LogP) is 6.56. The van der Waals surface area contributed by atoms with Crippen molar-refractivity contribution in [3.8, 4) is 22.8 Å². The van der Waals surface area contributed by atoms with Crippen LogP contribution in [0.15, 0.2) is 54.7 Å².